The molecule has 0 atom stereocenters. The molecule has 0 unspecified atom stereocenters. The average molecular weight is 309 g/mol. The van der Waals surface area contributed by atoms with Crippen LogP contribution in [0, 0.1) is 0 Å². The first-order chi connectivity index (χ1) is 8.56. The van der Waals surface area contributed by atoms with Gasteiger partial charge in [-0.15, -0.1) is 0 Å². The number of phenols is 2. The van der Waals surface area contributed by atoms with Crippen LogP contribution in [0.4, 0.5) is 5.82 Å². The van der Waals surface area contributed by atoms with Gasteiger partial charge in [0, 0.05) is 10.7 Å². The Labute approximate surface area is 111 Å². The van der Waals surface area contributed by atoms with Crippen molar-refractivity contribution in [2.24, 2.45) is 0 Å². The lowest BCUT2D eigenvalue weighted by molar-refractivity contribution is 0.102. The Bertz CT molecular complexity index is 602. The number of aromatic nitrogens is 1. The van der Waals surface area contributed by atoms with Crippen molar-refractivity contribution in [3.05, 3.63) is 46.6 Å². The van der Waals surface area contributed by atoms with Gasteiger partial charge < -0.3 is 15.5 Å². The van der Waals surface area contributed by atoms with Gasteiger partial charge in [-0.2, -0.15) is 0 Å². The minimum atomic E-state index is -0.547. The largest absolute Gasteiger partial charge is 0.508 e. The molecular formula is C12H9BrN2O3. The van der Waals surface area contributed by atoms with Gasteiger partial charge in [-0.3, -0.25) is 4.79 Å². The van der Waals surface area contributed by atoms with Gasteiger partial charge in [0.15, 0.2) is 0 Å². The van der Waals surface area contributed by atoms with Crippen LogP contribution in [0.5, 0.6) is 11.5 Å². The second kappa shape index (κ2) is 5.05. The van der Waals surface area contributed by atoms with Crippen LogP contribution in [0.1, 0.15) is 10.4 Å². The topological polar surface area (TPSA) is 82.5 Å². The smallest absolute Gasteiger partial charge is 0.260 e. The number of halogens is 1. The van der Waals surface area contributed by atoms with E-state index in [1.807, 2.05) is 0 Å². The molecule has 1 aromatic heterocycles. The van der Waals surface area contributed by atoms with E-state index in [4.69, 9.17) is 0 Å². The summed E-state index contributed by atoms with van der Waals surface area (Å²) in [5.74, 6) is -0.508. The summed E-state index contributed by atoms with van der Waals surface area (Å²) in [6, 6.07) is 7.07. The van der Waals surface area contributed by atoms with E-state index in [1.54, 1.807) is 12.1 Å². The number of benzene rings is 1. The predicted octanol–water partition coefficient (Wildman–Crippen LogP) is 2.51. The zero-order valence-electron chi connectivity index (χ0n) is 9.09. The number of carbonyl (C=O) groups is 1. The highest BCUT2D eigenvalue weighted by atomic mass is 79.9. The summed E-state index contributed by atoms with van der Waals surface area (Å²) in [7, 11) is 0. The number of aromatic hydroxyl groups is 2. The van der Waals surface area contributed by atoms with E-state index >= 15 is 0 Å². The Kier molecular flexibility index (Phi) is 3.47. The van der Waals surface area contributed by atoms with Crippen molar-refractivity contribution in [3.8, 4) is 11.5 Å². The number of hydrogen-bond acceptors (Lipinski definition) is 4. The number of nitrogens with one attached hydrogen (secondary N) is 1. The van der Waals surface area contributed by atoms with Crippen LogP contribution in [0.15, 0.2) is 41.0 Å². The lowest BCUT2D eigenvalue weighted by Crippen LogP contribution is -2.13. The Hall–Kier alpha value is -2.08. The van der Waals surface area contributed by atoms with Gasteiger partial charge in [0.25, 0.3) is 5.91 Å². The summed E-state index contributed by atoms with van der Waals surface area (Å²) in [5, 5.41) is 21.3. The fourth-order valence-electron chi connectivity index (χ4n) is 1.36. The fraction of sp³-hybridized carbons (Fsp3) is 0. The number of phenolic OH excluding ortho intramolecular Hbond substituents is 2. The summed E-state index contributed by atoms with van der Waals surface area (Å²) < 4.78 is 0.771. The molecule has 0 saturated carbocycles. The van der Waals surface area contributed by atoms with Crippen molar-refractivity contribution < 1.29 is 15.0 Å². The molecule has 18 heavy (non-hydrogen) atoms. The number of hydrogen-bond donors (Lipinski definition) is 3. The molecule has 92 valence electrons. The standard InChI is InChI=1S/C12H9BrN2O3/c13-7-3-4-14-11(5-7)15-12(18)9-6-8(16)1-2-10(9)17/h1-6,16-17H,(H,14,15,18). The van der Waals surface area contributed by atoms with Crippen LogP contribution < -0.4 is 5.32 Å². The summed E-state index contributed by atoms with van der Waals surface area (Å²) in [6.07, 6.45) is 1.53. The molecule has 5 nitrogen and oxygen atoms in total. The van der Waals surface area contributed by atoms with Crippen LogP contribution in [0.3, 0.4) is 0 Å². The van der Waals surface area contributed by atoms with E-state index in [9.17, 15) is 15.0 Å². The predicted molar refractivity (Wildman–Crippen MR) is 69.7 cm³/mol. The van der Waals surface area contributed by atoms with Crippen molar-refractivity contribution >= 4 is 27.7 Å². The second-order valence-electron chi connectivity index (χ2n) is 3.51. The van der Waals surface area contributed by atoms with Crippen molar-refractivity contribution in [2.45, 2.75) is 0 Å². The van der Waals surface area contributed by atoms with Gasteiger partial charge in [0.05, 0.1) is 5.56 Å². The molecule has 2 rings (SSSR count). The van der Waals surface area contributed by atoms with Crippen LogP contribution >= 0.6 is 15.9 Å². The molecule has 1 heterocycles. The summed E-state index contributed by atoms with van der Waals surface area (Å²) in [4.78, 5) is 15.8. The maximum atomic E-state index is 11.9. The molecule has 0 aliphatic rings. The van der Waals surface area contributed by atoms with Crippen LogP contribution in [0.2, 0.25) is 0 Å². The zero-order chi connectivity index (χ0) is 13.1. The van der Waals surface area contributed by atoms with Gasteiger partial charge in [-0.1, -0.05) is 15.9 Å². The molecular weight excluding hydrogens is 300 g/mol. The lowest BCUT2D eigenvalue weighted by atomic mass is 10.2. The molecule has 0 bridgehead atoms. The molecule has 0 aliphatic carbocycles. The van der Waals surface area contributed by atoms with E-state index in [0.29, 0.717) is 5.82 Å². The number of amides is 1. The van der Waals surface area contributed by atoms with Crippen LogP contribution in [-0.4, -0.2) is 21.1 Å². The Morgan fingerprint density at radius 3 is 2.72 bits per heavy atom. The van der Waals surface area contributed by atoms with Gasteiger partial charge in [0.1, 0.15) is 17.3 Å². The first kappa shape index (κ1) is 12.4. The van der Waals surface area contributed by atoms with Crippen LogP contribution in [0.25, 0.3) is 0 Å². The van der Waals surface area contributed by atoms with Gasteiger partial charge in [0.2, 0.25) is 0 Å². The first-order valence-corrected chi connectivity index (χ1v) is 5.80. The van der Waals surface area contributed by atoms with Crippen molar-refractivity contribution in [2.75, 3.05) is 5.32 Å². The number of pyridine rings is 1. The maximum absolute atomic E-state index is 11.9. The summed E-state index contributed by atoms with van der Waals surface area (Å²) in [6.45, 7) is 0. The third-order valence-electron chi connectivity index (χ3n) is 2.19. The third-order valence-corrected chi connectivity index (χ3v) is 2.68. The Morgan fingerprint density at radius 1 is 1.22 bits per heavy atom. The van der Waals surface area contributed by atoms with Gasteiger partial charge >= 0.3 is 0 Å². The molecule has 6 heteroatoms. The Balaban J connectivity index is 2.24. The van der Waals surface area contributed by atoms with Crippen molar-refractivity contribution in [3.63, 3.8) is 0 Å². The third kappa shape index (κ3) is 2.78. The maximum Gasteiger partial charge on any atom is 0.260 e. The Morgan fingerprint density at radius 2 is 2.00 bits per heavy atom. The molecule has 1 aromatic carbocycles. The number of nitrogens with zero attached hydrogens (tertiary/aromatic N) is 1. The highest BCUT2D eigenvalue weighted by molar-refractivity contribution is 9.10. The monoisotopic (exact) mass is 308 g/mol. The quantitative estimate of drug-likeness (QED) is 0.744. The van der Waals surface area contributed by atoms with E-state index in [2.05, 4.69) is 26.2 Å². The van der Waals surface area contributed by atoms with Gasteiger partial charge in [-0.25, -0.2) is 4.98 Å². The minimum absolute atomic E-state index is 0.0169. The first-order valence-electron chi connectivity index (χ1n) is 5.01. The lowest BCUT2D eigenvalue weighted by Gasteiger charge is -2.06. The molecule has 0 fully saturated rings. The SMILES string of the molecule is O=C(Nc1cc(Br)ccn1)c1cc(O)ccc1O. The minimum Gasteiger partial charge on any atom is -0.508 e. The normalized spacial score (nSPS) is 10.1. The van der Waals surface area contributed by atoms with E-state index < -0.39 is 5.91 Å². The molecule has 1 amide bonds. The number of carbonyl (C=O) groups excluding carboxylic acids is 1. The van der Waals surface area contributed by atoms with E-state index in [-0.39, 0.29) is 17.1 Å². The molecule has 0 aliphatic heterocycles. The number of rotatable bonds is 2. The molecule has 0 radical (unpaired) electrons. The van der Waals surface area contributed by atoms with Crippen molar-refractivity contribution in [1.29, 1.82) is 0 Å². The molecule has 3 N–H and O–H groups in total. The summed E-state index contributed by atoms with van der Waals surface area (Å²) >= 11 is 3.25. The number of anilines is 1. The van der Waals surface area contributed by atoms with Gasteiger partial charge in [-0.05, 0) is 30.3 Å². The molecule has 2 aromatic rings. The fourth-order valence-corrected chi connectivity index (χ4v) is 1.70. The highest BCUT2D eigenvalue weighted by Crippen LogP contribution is 2.23. The van der Waals surface area contributed by atoms with E-state index in [1.165, 1.54) is 24.4 Å². The summed E-state index contributed by atoms with van der Waals surface area (Å²) in [5.41, 5.74) is -0.0169. The molecule has 0 saturated heterocycles. The van der Waals surface area contributed by atoms with Crippen molar-refractivity contribution in [1.82, 2.24) is 4.98 Å². The zero-order valence-corrected chi connectivity index (χ0v) is 10.7. The van der Waals surface area contributed by atoms with E-state index in [0.717, 1.165) is 4.47 Å². The molecule has 0 spiro atoms. The van der Waals surface area contributed by atoms with Crippen LogP contribution in [-0.2, 0) is 0 Å². The average Bonchev–Trinajstić information content (AvgIpc) is 2.32. The second-order valence-corrected chi connectivity index (χ2v) is 4.43. The highest BCUT2D eigenvalue weighted by Gasteiger charge is 2.12.